The van der Waals surface area contributed by atoms with Gasteiger partial charge >= 0.3 is 0 Å². The molecule has 1 aromatic rings. The average Bonchev–Trinajstić information content (AvgIpc) is 2.28. The van der Waals surface area contributed by atoms with Crippen molar-refractivity contribution in [2.24, 2.45) is 4.51 Å². The molecule has 16 heavy (non-hydrogen) atoms. The minimum atomic E-state index is -1.10. The van der Waals surface area contributed by atoms with Crippen molar-refractivity contribution in [1.29, 1.82) is 0 Å². The van der Waals surface area contributed by atoms with Gasteiger partial charge in [0.25, 0.3) is 0 Å². The Morgan fingerprint density at radius 3 is 2.88 bits per heavy atom. The molecule has 0 aromatic heterocycles. The molecule has 0 aliphatic rings. The van der Waals surface area contributed by atoms with E-state index < -0.39 is 11.9 Å². The highest BCUT2D eigenvalue weighted by Gasteiger charge is 2.17. The first kappa shape index (κ1) is 13.4. The van der Waals surface area contributed by atoms with Crippen molar-refractivity contribution >= 4 is 33.6 Å². The van der Waals surface area contributed by atoms with Crippen LogP contribution in [-0.4, -0.2) is 17.6 Å². The SMILES string of the molecule is CCO/C(=N\Cl)C(O)c1ccc(F)c(Br)c1. The van der Waals surface area contributed by atoms with Crippen LogP contribution in [0.3, 0.4) is 0 Å². The van der Waals surface area contributed by atoms with Crippen molar-refractivity contribution in [3.8, 4) is 0 Å². The van der Waals surface area contributed by atoms with Crippen molar-refractivity contribution in [3.05, 3.63) is 34.1 Å². The number of halogens is 3. The third-order valence-corrected chi connectivity index (χ3v) is 2.64. The number of hydrogen-bond acceptors (Lipinski definition) is 3. The summed E-state index contributed by atoms with van der Waals surface area (Å²) in [6.07, 6.45) is -1.10. The van der Waals surface area contributed by atoms with Crippen molar-refractivity contribution in [2.75, 3.05) is 6.61 Å². The molecule has 0 saturated heterocycles. The molecule has 0 aliphatic heterocycles. The van der Waals surface area contributed by atoms with E-state index in [4.69, 9.17) is 16.5 Å². The molecule has 0 aliphatic carbocycles. The molecule has 6 heteroatoms. The van der Waals surface area contributed by atoms with Crippen LogP contribution in [0.15, 0.2) is 27.2 Å². The standard InChI is InChI=1S/C10H10BrClFNO2/c1-2-16-10(14-12)9(15)6-3-4-8(13)7(11)5-6/h3-5,9,15H,2H2,1H3/b14-10-. The Morgan fingerprint density at radius 1 is 1.69 bits per heavy atom. The third-order valence-electron chi connectivity index (χ3n) is 1.87. The van der Waals surface area contributed by atoms with E-state index >= 15 is 0 Å². The second-order valence-corrected chi connectivity index (χ2v) is 3.96. The largest absolute Gasteiger partial charge is 0.478 e. The van der Waals surface area contributed by atoms with Gasteiger partial charge in [-0.2, -0.15) is 0 Å². The van der Waals surface area contributed by atoms with Gasteiger partial charge in [-0.25, -0.2) is 4.39 Å². The van der Waals surface area contributed by atoms with Crippen molar-refractivity contribution in [1.82, 2.24) is 0 Å². The summed E-state index contributed by atoms with van der Waals surface area (Å²) in [4.78, 5) is 0. The van der Waals surface area contributed by atoms with Crippen LogP contribution in [0, 0.1) is 5.82 Å². The molecular formula is C10H10BrClFNO2. The first-order chi connectivity index (χ1) is 7.60. The van der Waals surface area contributed by atoms with Gasteiger partial charge in [-0.05, 0) is 40.5 Å². The fraction of sp³-hybridized carbons (Fsp3) is 0.300. The van der Waals surface area contributed by atoms with Gasteiger partial charge in [0.15, 0.2) is 6.10 Å². The highest BCUT2D eigenvalue weighted by molar-refractivity contribution is 9.10. The maximum atomic E-state index is 13.0. The molecule has 3 nitrogen and oxygen atoms in total. The van der Waals surface area contributed by atoms with Crippen LogP contribution in [-0.2, 0) is 4.74 Å². The van der Waals surface area contributed by atoms with E-state index in [0.717, 1.165) is 0 Å². The summed E-state index contributed by atoms with van der Waals surface area (Å²) in [6, 6.07) is 4.12. The minimum absolute atomic E-state index is 0.0114. The minimum Gasteiger partial charge on any atom is -0.478 e. The van der Waals surface area contributed by atoms with Gasteiger partial charge in [-0.3, -0.25) is 0 Å². The molecule has 0 heterocycles. The van der Waals surface area contributed by atoms with E-state index in [-0.39, 0.29) is 10.4 Å². The van der Waals surface area contributed by atoms with E-state index in [1.165, 1.54) is 18.2 Å². The smallest absolute Gasteiger partial charge is 0.234 e. The Labute approximate surface area is 106 Å². The zero-order chi connectivity index (χ0) is 12.1. The lowest BCUT2D eigenvalue weighted by Gasteiger charge is -2.13. The zero-order valence-corrected chi connectivity index (χ0v) is 10.8. The van der Waals surface area contributed by atoms with Gasteiger partial charge in [0.2, 0.25) is 5.90 Å². The second-order valence-electron chi connectivity index (χ2n) is 2.93. The van der Waals surface area contributed by atoms with Crippen LogP contribution in [0.1, 0.15) is 18.6 Å². The fourth-order valence-electron chi connectivity index (χ4n) is 1.12. The van der Waals surface area contributed by atoms with Crippen LogP contribution in [0.2, 0.25) is 0 Å². The lowest BCUT2D eigenvalue weighted by molar-refractivity contribution is 0.193. The monoisotopic (exact) mass is 309 g/mol. The number of ether oxygens (including phenoxy) is 1. The molecule has 88 valence electrons. The number of hydrogen-bond donors (Lipinski definition) is 1. The van der Waals surface area contributed by atoms with Gasteiger partial charge in [0.05, 0.1) is 11.1 Å². The topological polar surface area (TPSA) is 41.8 Å². The molecule has 1 N–H and O–H groups in total. The number of aliphatic hydroxyl groups is 1. The first-order valence-electron chi connectivity index (χ1n) is 4.54. The highest BCUT2D eigenvalue weighted by atomic mass is 79.9. The van der Waals surface area contributed by atoms with Crippen molar-refractivity contribution in [2.45, 2.75) is 13.0 Å². The highest BCUT2D eigenvalue weighted by Crippen LogP contribution is 2.22. The molecule has 0 bridgehead atoms. The lowest BCUT2D eigenvalue weighted by Crippen LogP contribution is -2.15. The quantitative estimate of drug-likeness (QED) is 0.688. The lowest BCUT2D eigenvalue weighted by atomic mass is 10.1. The summed E-state index contributed by atoms with van der Waals surface area (Å²) in [5.41, 5.74) is 0.445. The van der Waals surface area contributed by atoms with Crippen LogP contribution in [0.25, 0.3) is 0 Å². The van der Waals surface area contributed by atoms with Crippen LogP contribution < -0.4 is 0 Å². The van der Waals surface area contributed by atoms with Gasteiger partial charge in [0, 0.05) is 11.8 Å². The maximum Gasteiger partial charge on any atom is 0.234 e. The van der Waals surface area contributed by atoms with Crippen LogP contribution >= 0.6 is 27.7 Å². The predicted octanol–water partition coefficient (Wildman–Crippen LogP) is 3.21. The first-order valence-corrected chi connectivity index (χ1v) is 5.68. The molecule has 0 radical (unpaired) electrons. The number of aliphatic hydroxyl groups excluding tert-OH is 1. The second kappa shape index (κ2) is 6.18. The Kier molecular flexibility index (Phi) is 5.18. The Morgan fingerprint density at radius 2 is 2.38 bits per heavy atom. The number of benzene rings is 1. The zero-order valence-electron chi connectivity index (χ0n) is 8.45. The summed E-state index contributed by atoms with van der Waals surface area (Å²) in [6.45, 7) is 2.08. The summed E-state index contributed by atoms with van der Waals surface area (Å²) < 4.78 is 21.6. The predicted molar refractivity (Wildman–Crippen MR) is 64.0 cm³/mol. The maximum absolute atomic E-state index is 13.0. The summed E-state index contributed by atoms with van der Waals surface area (Å²) in [5.74, 6) is -0.417. The molecule has 0 amide bonds. The Hall–Kier alpha value is -0.650. The van der Waals surface area contributed by atoms with Crippen LogP contribution in [0.5, 0.6) is 0 Å². The van der Waals surface area contributed by atoms with Gasteiger partial charge < -0.3 is 9.84 Å². The third kappa shape index (κ3) is 3.17. The molecular weight excluding hydrogens is 300 g/mol. The summed E-state index contributed by atoms with van der Waals surface area (Å²) in [7, 11) is 0. The molecule has 1 aromatic carbocycles. The molecule has 0 spiro atoms. The van der Waals surface area contributed by atoms with Crippen molar-refractivity contribution < 1.29 is 14.2 Å². The van der Waals surface area contributed by atoms with Gasteiger partial charge in [0.1, 0.15) is 5.82 Å². The van der Waals surface area contributed by atoms with Gasteiger partial charge in [-0.15, -0.1) is 4.51 Å². The average molecular weight is 311 g/mol. The normalized spacial score (nSPS) is 13.7. The van der Waals surface area contributed by atoms with Gasteiger partial charge in [-0.1, -0.05) is 6.07 Å². The molecule has 1 atom stereocenters. The molecule has 0 fully saturated rings. The van der Waals surface area contributed by atoms with E-state index in [2.05, 4.69) is 20.4 Å². The van der Waals surface area contributed by atoms with E-state index in [1.807, 2.05) is 0 Å². The Balaban J connectivity index is 2.95. The Bertz CT molecular complexity index is 400. The molecule has 1 unspecified atom stereocenters. The van der Waals surface area contributed by atoms with E-state index in [9.17, 15) is 9.50 Å². The number of nitrogens with zero attached hydrogens (tertiary/aromatic N) is 1. The van der Waals surface area contributed by atoms with Crippen molar-refractivity contribution in [3.63, 3.8) is 0 Å². The van der Waals surface area contributed by atoms with E-state index in [0.29, 0.717) is 12.2 Å². The number of rotatable bonds is 3. The fourth-order valence-corrected chi connectivity index (χ4v) is 1.66. The molecule has 0 saturated carbocycles. The van der Waals surface area contributed by atoms with Crippen LogP contribution in [0.4, 0.5) is 4.39 Å². The van der Waals surface area contributed by atoms with E-state index in [1.54, 1.807) is 6.92 Å². The molecule has 1 rings (SSSR count). The summed E-state index contributed by atoms with van der Waals surface area (Å²) >= 11 is 8.30. The summed E-state index contributed by atoms with van der Waals surface area (Å²) in [5, 5.41) is 9.84.